The summed E-state index contributed by atoms with van der Waals surface area (Å²) in [6.45, 7) is -0.658. The minimum absolute atomic E-state index is 0.0575. The lowest BCUT2D eigenvalue weighted by Crippen LogP contribution is -2.57. The Morgan fingerprint density at radius 3 is 2.45 bits per heavy atom. The van der Waals surface area contributed by atoms with Gasteiger partial charge in [-0.15, -0.1) is 0 Å². The number of aromatic nitrogens is 2. The van der Waals surface area contributed by atoms with E-state index in [-0.39, 0.29) is 5.69 Å². The molecule has 1 fully saturated rings. The number of hydrogen-bond acceptors (Lipinski definition) is 9. The molecule has 1 aliphatic rings. The van der Waals surface area contributed by atoms with Crippen molar-refractivity contribution in [3.05, 3.63) is 56.5 Å². The number of hydrogen-bond donors (Lipinski definition) is 6. The van der Waals surface area contributed by atoms with Crippen molar-refractivity contribution >= 4 is 6.21 Å². The van der Waals surface area contributed by atoms with Gasteiger partial charge in [0.25, 0.3) is 5.56 Å². The zero-order valence-electron chi connectivity index (χ0n) is 14.7. The first kappa shape index (κ1) is 20.8. The molecule has 1 saturated heterocycles. The molecule has 1 aromatic heterocycles. The molecule has 0 saturated carbocycles. The van der Waals surface area contributed by atoms with Gasteiger partial charge < -0.3 is 30.3 Å². The molecule has 0 unspecified atom stereocenters. The van der Waals surface area contributed by atoms with E-state index < -0.39 is 65.8 Å². The SMILES string of the molecule is O=c1[nH]c(=O)n(-c2ccc(F)cc2)c(O)c1C=N[C@@H]1[C@@H](O)[C@H](O)[C@@H](CO)O[C@H]1O. The maximum atomic E-state index is 13.1. The van der Waals surface area contributed by atoms with Gasteiger partial charge >= 0.3 is 5.69 Å². The Bertz CT molecular complexity index is 1020. The fourth-order valence-corrected chi connectivity index (χ4v) is 2.89. The maximum Gasteiger partial charge on any atom is 0.335 e. The van der Waals surface area contributed by atoms with Crippen molar-refractivity contribution in [3.8, 4) is 11.6 Å². The molecule has 0 amide bonds. The topological polar surface area (TPSA) is 178 Å². The first-order valence-corrected chi connectivity index (χ1v) is 8.42. The van der Waals surface area contributed by atoms with E-state index in [1.807, 2.05) is 4.98 Å². The third-order valence-electron chi connectivity index (χ3n) is 4.45. The summed E-state index contributed by atoms with van der Waals surface area (Å²) >= 11 is 0. The Balaban J connectivity index is 1.99. The van der Waals surface area contributed by atoms with E-state index in [1.165, 1.54) is 12.1 Å². The van der Waals surface area contributed by atoms with Crippen molar-refractivity contribution in [2.75, 3.05) is 6.61 Å². The molecule has 12 heteroatoms. The Morgan fingerprint density at radius 1 is 1.17 bits per heavy atom. The second kappa shape index (κ2) is 8.23. The molecule has 29 heavy (non-hydrogen) atoms. The Labute approximate surface area is 161 Å². The lowest BCUT2D eigenvalue weighted by molar-refractivity contribution is -0.248. The lowest BCUT2D eigenvalue weighted by Gasteiger charge is -2.38. The van der Waals surface area contributed by atoms with Gasteiger partial charge in [-0.25, -0.2) is 13.8 Å². The van der Waals surface area contributed by atoms with Crippen molar-refractivity contribution in [1.82, 2.24) is 9.55 Å². The van der Waals surface area contributed by atoms with Gasteiger partial charge in [-0.3, -0.25) is 14.8 Å². The molecule has 156 valence electrons. The standard InChI is InChI=1S/C17H18FN3O8/c18-7-1-3-8(4-2-7)21-15(26)9(14(25)20-17(21)28)5-19-11-13(24)12(23)10(6-22)29-16(11)27/h1-5,10-13,16,22-24,26-27H,6H2,(H,20,25,28)/t10-,11-,12-,13-,16-/m1/s1. The number of rotatable bonds is 4. The number of nitrogens with zero attached hydrogens (tertiary/aromatic N) is 2. The van der Waals surface area contributed by atoms with Crippen LogP contribution >= 0.6 is 0 Å². The monoisotopic (exact) mass is 411 g/mol. The third-order valence-corrected chi connectivity index (χ3v) is 4.45. The summed E-state index contributed by atoms with van der Waals surface area (Å²) in [7, 11) is 0. The minimum atomic E-state index is -1.72. The molecule has 0 bridgehead atoms. The number of aromatic amines is 1. The molecule has 2 heterocycles. The van der Waals surface area contributed by atoms with E-state index in [0.717, 1.165) is 18.3 Å². The summed E-state index contributed by atoms with van der Waals surface area (Å²) < 4.78 is 18.8. The second-order valence-electron chi connectivity index (χ2n) is 6.31. The van der Waals surface area contributed by atoms with Crippen LogP contribution in [0, 0.1) is 5.82 Å². The van der Waals surface area contributed by atoms with Crippen LogP contribution in [0.3, 0.4) is 0 Å². The van der Waals surface area contributed by atoms with Crippen LogP contribution in [0.5, 0.6) is 5.88 Å². The fraction of sp³-hybridized carbons (Fsp3) is 0.353. The first-order valence-electron chi connectivity index (χ1n) is 8.42. The van der Waals surface area contributed by atoms with Gasteiger partial charge in [0.05, 0.1) is 12.3 Å². The number of ether oxygens (including phenoxy) is 1. The molecule has 11 nitrogen and oxygen atoms in total. The van der Waals surface area contributed by atoms with Gasteiger partial charge in [0.2, 0.25) is 5.88 Å². The quantitative estimate of drug-likeness (QED) is 0.301. The normalized spacial score (nSPS) is 27.4. The Morgan fingerprint density at radius 2 is 1.83 bits per heavy atom. The summed E-state index contributed by atoms with van der Waals surface area (Å²) in [6.07, 6.45) is -5.36. The predicted octanol–water partition coefficient (Wildman–Crippen LogP) is -2.41. The van der Waals surface area contributed by atoms with Crippen molar-refractivity contribution in [3.63, 3.8) is 0 Å². The highest BCUT2D eigenvalue weighted by atomic mass is 19.1. The lowest BCUT2D eigenvalue weighted by atomic mass is 9.97. The van der Waals surface area contributed by atoms with Gasteiger partial charge in [-0.2, -0.15) is 0 Å². The maximum absolute atomic E-state index is 13.1. The van der Waals surface area contributed by atoms with Gasteiger partial charge in [0, 0.05) is 6.21 Å². The number of aromatic hydroxyl groups is 1. The predicted molar refractivity (Wildman–Crippen MR) is 95.6 cm³/mol. The molecule has 2 aromatic rings. The largest absolute Gasteiger partial charge is 0.493 e. The highest BCUT2D eigenvalue weighted by molar-refractivity contribution is 5.82. The van der Waals surface area contributed by atoms with Crippen LogP contribution in [0.15, 0.2) is 38.8 Å². The smallest absolute Gasteiger partial charge is 0.335 e. The van der Waals surface area contributed by atoms with E-state index in [0.29, 0.717) is 4.57 Å². The Kier molecular flexibility index (Phi) is 5.91. The van der Waals surface area contributed by atoms with Gasteiger partial charge in [-0.1, -0.05) is 0 Å². The molecule has 0 spiro atoms. The fourth-order valence-electron chi connectivity index (χ4n) is 2.89. The van der Waals surface area contributed by atoms with Crippen LogP contribution in [0.2, 0.25) is 0 Å². The second-order valence-corrected chi connectivity index (χ2v) is 6.31. The number of aliphatic hydroxyl groups excluding tert-OH is 4. The minimum Gasteiger partial charge on any atom is -0.493 e. The van der Waals surface area contributed by atoms with Crippen molar-refractivity contribution in [1.29, 1.82) is 0 Å². The van der Waals surface area contributed by atoms with Gasteiger partial charge in [0.15, 0.2) is 6.29 Å². The van der Waals surface area contributed by atoms with Crippen LogP contribution in [-0.4, -0.2) is 78.5 Å². The number of halogens is 1. The van der Waals surface area contributed by atoms with Crippen LogP contribution < -0.4 is 11.2 Å². The van der Waals surface area contributed by atoms with E-state index in [9.17, 15) is 34.4 Å². The van der Waals surface area contributed by atoms with Gasteiger partial charge in [-0.05, 0) is 24.3 Å². The molecule has 1 aliphatic heterocycles. The molecule has 1 aromatic carbocycles. The summed E-state index contributed by atoms with van der Waals surface area (Å²) in [5.41, 5.74) is -2.43. The average Bonchev–Trinajstić information content (AvgIpc) is 2.68. The zero-order valence-corrected chi connectivity index (χ0v) is 14.7. The van der Waals surface area contributed by atoms with E-state index in [1.54, 1.807) is 0 Å². The van der Waals surface area contributed by atoms with Crippen LogP contribution in [0.25, 0.3) is 5.69 Å². The van der Waals surface area contributed by atoms with E-state index in [2.05, 4.69) is 4.99 Å². The summed E-state index contributed by atoms with van der Waals surface area (Å²) in [4.78, 5) is 29.9. The zero-order chi connectivity index (χ0) is 21.3. The van der Waals surface area contributed by atoms with Gasteiger partial charge in [0.1, 0.15) is 35.7 Å². The van der Waals surface area contributed by atoms with E-state index in [4.69, 9.17) is 9.84 Å². The van der Waals surface area contributed by atoms with Crippen molar-refractivity contribution in [2.24, 2.45) is 4.99 Å². The molecular weight excluding hydrogens is 393 g/mol. The number of benzene rings is 1. The molecule has 3 rings (SSSR count). The summed E-state index contributed by atoms with van der Waals surface area (Å²) in [6, 6.07) is 3.04. The first-order chi connectivity index (χ1) is 13.7. The average molecular weight is 411 g/mol. The Hall–Kier alpha value is -2.90. The number of aliphatic hydroxyl groups is 4. The molecule has 0 radical (unpaired) electrons. The number of H-pyrrole nitrogens is 1. The third kappa shape index (κ3) is 3.97. The highest BCUT2D eigenvalue weighted by Crippen LogP contribution is 2.22. The molecule has 6 N–H and O–H groups in total. The van der Waals surface area contributed by atoms with E-state index >= 15 is 0 Å². The van der Waals surface area contributed by atoms with Crippen molar-refractivity contribution < 1.29 is 34.7 Å². The van der Waals surface area contributed by atoms with Crippen molar-refractivity contribution in [2.45, 2.75) is 30.6 Å². The molecule has 0 aliphatic carbocycles. The van der Waals surface area contributed by atoms with Crippen LogP contribution in [0.1, 0.15) is 5.56 Å². The molecule has 5 atom stereocenters. The summed E-state index contributed by atoms with van der Waals surface area (Å²) in [5.74, 6) is -1.39. The number of nitrogens with one attached hydrogen (secondary N) is 1. The summed E-state index contributed by atoms with van der Waals surface area (Å²) in [5, 5.41) is 49.3. The van der Waals surface area contributed by atoms with Crippen LogP contribution in [-0.2, 0) is 4.74 Å². The molecular formula is C17H18FN3O8. The number of aliphatic imine (C=N–C) groups is 1. The highest BCUT2D eigenvalue weighted by Gasteiger charge is 2.43. The van der Waals surface area contributed by atoms with Crippen LogP contribution in [0.4, 0.5) is 4.39 Å².